The molecule has 0 aliphatic carbocycles. The molecule has 0 saturated carbocycles. The molecular formula is C15H23N3O3. The molecule has 1 fully saturated rings. The third-order valence-corrected chi connectivity index (χ3v) is 3.37. The number of benzene rings is 1. The molecule has 1 unspecified atom stereocenters. The number of nitrogens with one attached hydrogen (secondary N) is 2. The van der Waals surface area contributed by atoms with E-state index in [0.717, 1.165) is 31.1 Å². The summed E-state index contributed by atoms with van der Waals surface area (Å²) in [5, 5.41) is 5.96. The van der Waals surface area contributed by atoms with Gasteiger partial charge in [-0.3, -0.25) is 4.79 Å². The molecule has 6 heteroatoms. The van der Waals surface area contributed by atoms with Crippen molar-refractivity contribution in [1.82, 2.24) is 10.2 Å². The Morgan fingerprint density at radius 3 is 2.86 bits per heavy atom. The van der Waals surface area contributed by atoms with Gasteiger partial charge in [-0.25, -0.2) is 0 Å². The first kappa shape index (κ1) is 15.8. The van der Waals surface area contributed by atoms with Crippen LogP contribution in [0.1, 0.15) is 0 Å². The fraction of sp³-hybridized carbons (Fsp3) is 0.533. The van der Waals surface area contributed by atoms with Crippen molar-refractivity contribution in [3.8, 4) is 5.75 Å². The van der Waals surface area contributed by atoms with Crippen molar-refractivity contribution in [2.24, 2.45) is 0 Å². The van der Waals surface area contributed by atoms with Crippen LogP contribution in [-0.4, -0.2) is 63.9 Å². The molecule has 1 saturated heterocycles. The standard InChI is InChI=1S/C15H23N3O3/c1-18-7-8-21-14(11-18)9-16-10-15(19)17-12-3-5-13(20-2)6-4-12/h3-6,14,16H,7-11H2,1-2H3,(H,17,19). The number of hydrogen-bond donors (Lipinski definition) is 2. The summed E-state index contributed by atoms with van der Waals surface area (Å²) in [5.41, 5.74) is 0.760. The Hall–Kier alpha value is -1.63. The smallest absolute Gasteiger partial charge is 0.238 e. The molecule has 116 valence electrons. The number of ether oxygens (including phenoxy) is 2. The Bertz CT molecular complexity index is 450. The second-order valence-corrected chi connectivity index (χ2v) is 5.16. The molecule has 0 bridgehead atoms. The third kappa shape index (κ3) is 5.34. The van der Waals surface area contributed by atoms with Crippen LogP contribution in [0.15, 0.2) is 24.3 Å². The number of carbonyl (C=O) groups excluding carboxylic acids is 1. The van der Waals surface area contributed by atoms with E-state index in [-0.39, 0.29) is 18.6 Å². The van der Waals surface area contributed by atoms with E-state index >= 15 is 0 Å². The van der Waals surface area contributed by atoms with Gasteiger partial charge in [0.05, 0.1) is 26.4 Å². The van der Waals surface area contributed by atoms with E-state index in [9.17, 15) is 4.79 Å². The van der Waals surface area contributed by atoms with E-state index in [0.29, 0.717) is 6.54 Å². The maximum absolute atomic E-state index is 11.8. The average Bonchev–Trinajstić information content (AvgIpc) is 2.48. The highest BCUT2D eigenvalue weighted by Crippen LogP contribution is 2.14. The van der Waals surface area contributed by atoms with Crippen molar-refractivity contribution in [2.45, 2.75) is 6.10 Å². The fourth-order valence-corrected chi connectivity index (χ4v) is 2.22. The van der Waals surface area contributed by atoms with Crippen LogP contribution in [0.25, 0.3) is 0 Å². The number of nitrogens with zero attached hydrogens (tertiary/aromatic N) is 1. The molecule has 6 nitrogen and oxygen atoms in total. The largest absolute Gasteiger partial charge is 0.497 e. The van der Waals surface area contributed by atoms with Gasteiger partial charge in [0.2, 0.25) is 5.91 Å². The topological polar surface area (TPSA) is 62.8 Å². The van der Waals surface area contributed by atoms with E-state index in [1.807, 2.05) is 24.3 Å². The number of likely N-dealkylation sites (N-methyl/N-ethyl adjacent to an activating group) is 1. The maximum Gasteiger partial charge on any atom is 0.238 e. The van der Waals surface area contributed by atoms with E-state index in [1.165, 1.54) is 0 Å². The van der Waals surface area contributed by atoms with Crippen LogP contribution in [0.4, 0.5) is 5.69 Å². The zero-order valence-corrected chi connectivity index (χ0v) is 12.6. The molecule has 1 aliphatic heterocycles. The number of hydrogen-bond acceptors (Lipinski definition) is 5. The van der Waals surface area contributed by atoms with Crippen LogP contribution in [-0.2, 0) is 9.53 Å². The number of amides is 1. The highest BCUT2D eigenvalue weighted by Gasteiger charge is 2.17. The zero-order chi connectivity index (χ0) is 15.1. The van der Waals surface area contributed by atoms with Gasteiger partial charge in [0.15, 0.2) is 0 Å². The molecule has 1 aromatic carbocycles. The molecule has 1 aromatic rings. The lowest BCUT2D eigenvalue weighted by molar-refractivity contribution is -0.115. The van der Waals surface area contributed by atoms with Gasteiger partial charge in [0.1, 0.15) is 5.75 Å². The normalized spacial score (nSPS) is 19.2. The van der Waals surface area contributed by atoms with E-state index < -0.39 is 0 Å². The molecule has 2 rings (SSSR count). The minimum Gasteiger partial charge on any atom is -0.497 e. The molecule has 0 aromatic heterocycles. The molecule has 0 radical (unpaired) electrons. The van der Waals surface area contributed by atoms with Gasteiger partial charge in [0.25, 0.3) is 0 Å². The van der Waals surface area contributed by atoms with Crippen LogP contribution in [0.2, 0.25) is 0 Å². The van der Waals surface area contributed by atoms with Crippen molar-refractivity contribution >= 4 is 11.6 Å². The molecule has 1 aliphatic rings. The maximum atomic E-state index is 11.8. The Labute approximate surface area is 125 Å². The van der Waals surface area contributed by atoms with Crippen LogP contribution < -0.4 is 15.4 Å². The summed E-state index contributed by atoms with van der Waals surface area (Å²) in [5.74, 6) is 0.703. The summed E-state index contributed by atoms with van der Waals surface area (Å²) in [4.78, 5) is 14.0. The van der Waals surface area contributed by atoms with E-state index in [4.69, 9.17) is 9.47 Å². The quantitative estimate of drug-likeness (QED) is 0.802. The minimum absolute atomic E-state index is 0.0654. The molecule has 1 amide bonds. The first-order valence-electron chi connectivity index (χ1n) is 7.12. The first-order valence-corrected chi connectivity index (χ1v) is 7.12. The van der Waals surface area contributed by atoms with Gasteiger partial charge in [0, 0.05) is 25.3 Å². The summed E-state index contributed by atoms with van der Waals surface area (Å²) in [6.07, 6.45) is 0.150. The minimum atomic E-state index is -0.0654. The van der Waals surface area contributed by atoms with Crippen molar-refractivity contribution < 1.29 is 14.3 Å². The second kappa shape index (κ2) is 7.97. The monoisotopic (exact) mass is 293 g/mol. The summed E-state index contributed by atoms with van der Waals surface area (Å²) in [6, 6.07) is 7.26. The summed E-state index contributed by atoms with van der Waals surface area (Å²) in [7, 11) is 3.69. The Morgan fingerprint density at radius 2 is 2.19 bits per heavy atom. The summed E-state index contributed by atoms with van der Waals surface area (Å²) < 4.78 is 10.7. The lowest BCUT2D eigenvalue weighted by Gasteiger charge is -2.30. The van der Waals surface area contributed by atoms with Crippen molar-refractivity contribution in [3.63, 3.8) is 0 Å². The van der Waals surface area contributed by atoms with E-state index in [1.54, 1.807) is 7.11 Å². The number of methoxy groups -OCH3 is 1. The Kier molecular flexibility index (Phi) is 5.98. The van der Waals surface area contributed by atoms with Gasteiger partial charge < -0.3 is 25.0 Å². The zero-order valence-electron chi connectivity index (χ0n) is 12.6. The Morgan fingerprint density at radius 1 is 1.43 bits per heavy atom. The lowest BCUT2D eigenvalue weighted by Crippen LogP contribution is -2.45. The first-order chi connectivity index (χ1) is 10.2. The molecule has 1 atom stereocenters. The lowest BCUT2D eigenvalue weighted by atomic mass is 10.3. The molecule has 21 heavy (non-hydrogen) atoms. The van der Waals surface area contributed by atoms with Gasteiger partial charge in [-0.05, 0) is 31.3 Å². The summed E-state index contributed by atoms with van der Waals surface area (Å²) >= 11 is 0. The van der Waals surface area contributed by atoms with Gasteiger partial charge >= 0.3 is 0 Å². The number of morpholine rings is 1. The van der Waals surface area contributed by atoms with Gasteiger partial charge in [-0.15, -0.1) is 0 Å². The molecule has 1 heterocycles. The predicted octanol–water partition coefficient (Wildman–Crippen LogP) is 0.554. The number of anilines is 1. The van der Waals surface area contributed by atoms with Gasteiger partial charge in [-0.2, -0.15) is 0 Å². The second-order valence-electron chi connectivity index (χ2n) is 5.16. The number of carbonyl (C=O) groups is 1. The SMILES string of the molecule is COc1ccc(NC(=O)CNCC2CN(C)CCO2)cc1. The van der Waals surface area contributed by atoms with Crippen molar-refractivity contribution in [3.05, 3.63) is 24.3 Å². The van der Waals surface area contributed by atoms with Crippen molar-refractivity contribution in [2.75, 3.05) is 52.3 Å². The molecule has 2 N–H and O–H groups in total. The predicted molar refractivity (Wildman–Crippen MR) is 81.7 cm³/mol. The van der Waals surface area contributed by atoms with Crippen LogP contribution >= 0.6 is 0 Å². The van der Waals surface area contributed by atoms with E-state index in [2.05, 4.69) is 22.6 Å². The van der Waals surface area contributed by atoms with Crippen molar-refractivity contribution in [1.29, 1.82) is 0 Å². The highest BCUT2D eigenvalue weighted by atomic mass is 16.5. The molecule has 0 spiro atoms. The van der Waals surface area contributed by atoms with Crippen LogP contribution in [0, 0.1) is 0 Å². The summed E-state index contributed by atoms with van der Waals surface area (Å²) in [6.45, 7) is 3.57. The average molecular weight is 293 g/mol. The highest BCUT2D eigenvalue weighted by molar-refractivity contribution is 5.92. The third-order valence-electron chi connectivity index (χ3n) is 3.37. The molecular weight excluding hydrogens is 270 g/mol. The Balaban J connectivity index is 1.67. The van der Waals surface area contributed by atoms with Crippen LogP contribution in [0.5, 0.6) is 5.75 Å². The van der Waals surface area contributed by atoms with Gasteiger partial charge in [-0.1, -0.05) is 0 Å². The fourth-order valence-electron chi connectivity index (χ4n) is 2.22. The van der Waals surface area contributed by atoms with Crippen LogP contribution in [0.3, 0.4) is 0 Å². The number of rotatable bonds is 6.